The first-order chi connectivity index (χ1) is 11.2. The molecule has 0 spiro atoms. The minimum atomic E-state index is -0.0638. The van der Waals surface area contributed by atoms with Crippen LogP contribution >= 0.6 is 0 Å². The molecule has 1 amide bonds. The molecule has 0 saturated heterocycles. The second kappa shape index (κ2) is 6.44. The van der Waals surface area contributed by atoms with E-state index in [4.69, 9.17) is 4.74 Å². The Kier molecular flexibility index (Phi) is 4.19. The summed E-state index contributed by atoms with van der Waals surface area (Å²) in [6, 6.07) is 14.3. The van der Waals surface area contributed by atoms with Gasteiger partial charge >= 0.3 is 0 Å². The highest BCUT2D eigenvalue weighted by Gasteiger charge is 2.06. The van der Waals surface area contributed by atoms with Crippen molar-refractivity contribution in [3.63, 3.8) is 0 Å². The summed E-state index contributed by atoms with van der Waals surface area (Å²) in [6.45, 7) is 0.597. The van der Waals surface area contributed by atoms with E-state index in [1.165, 1.54) is 0 Å². The second-order valence-electron chi connectivity index (χ2n) is 5.28. The van der Waals surface area contributed by atoms with Crippen LogP contribution in [0.25, 0.3) is 10.9 Å². The number of hydrogen-bond donors (Lipinski definition) is 2. The number of aromatic hydroxyl groups is 1. The van der Waals surface area contributed by atoms with Crippen LogP contribution in [0.2, 0.25) is 0 Å². The number of aryl methyl sites for hydroxylation is 1. The lowest BCUT2D eigenvalue weighted by molar-refractivity contribution is -0.116. The second-order valence-corrected chi connectivity index (χ2v) is 5.28. The number of anilines is 1. The number of rotatable bonds is 5. The molecule has 2 N–H and O–H groups in total. The third-order valence-electron chi connectivity index (χ3n) is 3.71. The maximum Gasteiger partial charge on any atom is 0.226 e. The zero-order valence-electron chi connectivity index (χ0n) is 12.8. The first-order valence-corrected chi connectivity index (χ1v) is 7.37. The zero-order valence-corrected chi connectivity index (χ0v) is 12.8. The number of hydrogen-bond acceptors (Lipinski definition) is 3. The van der Waals surface area contributed by atoms with Crippen LogP contribution in [0.15, 0.2) is 54.7 Å². The lowest BCUT2D eigenvalue weighted by Crippen LogP contribution is -2.14. The summed E-state index contributed by atoms with van der Waals surface area (Å²) in [5, 5.41) is 13.1. The van der Waals surface area contributed by atoms with Crippen molar-refractivity contribution in [1.29, 1.82) is 0 Å². The maximum atomic E-state index is 12.0. The fourth-order valence-corrected chi connectivity index (χ4v) is 2.49. The Morgan fingerprint density at radius 1 is 1.17 bits per heavy atom. The maximum absolute atomic E-state index is 12.0. The molecule has 23 heavy (non-hydrogen) atoms. The van der Waals surface area contributed by atoms with Crippen molar-refractivity contribution in [2.75, 3.05) is 12.4 Å². The van der Waals surface area contributed by atoms with Gasteiger partial charge in [0.2, 0.25) is 5.91 Å². The highest BCUT2D eigenvalue weighted by atomic mass is 16.5. The smallest absolute Gasteiger partial charge is 0.226 e. The molecule has 0 aliphatic carbocycles. The average Bonchev–Trinajstić information content (AvgIpc) is 2.97. The number of amides is 1. The largest absolute Gasteiger partial charge is 0.508 e. The number of methoxy groups -OCH3 is 1. The van der Waals surface area contributed by atoms with Gasteiger partial charge in [-0.05, 0) is 48.5 Å². The van der Waals surface area contributed by atoms with Crippen molar-refractivity contribution in [2.45, 2.75) is 13.0 Å². The first kappa shape index (κ1) is 15.0. The quantitative estimate of drug-likeness (QED) is 0.710. The van der Waals surface area contributed by atoms with Crippen molar-refractivity contribution in [3.8, 4) is 11.5 Å². The number of ether oxygens (including phenoxy) is 1. The lowest BCUT2D eigenvalue weighted by atomic mass is 10.2. The summed E-state index contributed by atoms with van der Waals surface area (Å²) in [5.74, 6) is 0.934. The van der Waals surface area contributed by atoms with Gasteiger partial charge in [-0.15, -0.1) is 0 Å². The van der Waals surface area contributed by atoms with Gasteiger partial charge < -0.3 is 19.7 Å². The molecule has 0 saturated carbocycles. The molecule has 3 rings (SSSR count). The summed E-state index contributed by atoms with van der Waals surface area (Å²) in [4.78, 5) is 12.0. The van der Waals surface area contributed by atoms with E-state index in [1.807, 2.05) is 35.0 Å². The molecule has 2 aromatic carbocycles. The van der Waals surface area contributed by atoms with Gasteiger partial charge in [0.05, 0.1) is 7.11 Å². The summed E-state index contributed by atoms with van der Waals surface area (Å²) in [7, 11) is 1.64. The Labute approximate surface area is 134 Å². The van der Waals surface area contributed by atoms with E-state index in [2.05, 4.69) is 5.32 Å². The normalized spacial score (nSPS) is 10.7. The average molecular weight is 310 g/mol. The van der Waals surface area contributed by atoms with E-state index in [0.29, 0.717) is 18.7 Å². The van der Waals surface area contributed by atoms with Crippen LogP contribution in [0.5, 0.6) is 11.5 Å². The van der Waals surface area contributed by atoms with Crippen molar-refractivity contribution in [3.05, 3.63) is 54.7 Å². The number of fused-ring (bicyclic) bond motifs is 1. The third-order valence-corrected chi connectivity index (χ3v) is 3.71. The lowest BCUT2D eigenvalue weighted by Gasteiger charge is -2.08. The fourth-order valence-electron chi connectivity index (χ4n) is 2.49. The molecule has 5 nitrogen and oxygen atoms in total. The molecule has 0 fully saturated rings. The Bertz CT molecular complexity index is 822. The molecule has 0 radical (unpaired) electrons. The van der Waals surface area contributed by atoms with E-state index in [9.17, 15) is 9.90 Å². The fraction of sp³-hybridized carbons (Fsp3) is 0.167. The Hall–Kier alpha value is -2.95. The monoisotopic (exact) mass is 310 g/mol. The van der Waals surface area contributed by atoms with E-state index in [1.54, 1.807) is 31.4 Å². The topological polar surface area (TPSA) is 63.5 Å². The molecule has 1 heterocycles. The minimum absolute atomic E-state index is 0.0638. The standard InChI is InChI=1S/C18H18N2O3/c1-23-16-6-7-17-13(12-16)8-10-20(17)11-9-18(22)19-14-2-4-15(21)5-3-14/h2-8,10,12,21H,9,11H2,1H3,(H,19,22). The van der Waals surface area contributed by atoms with Gasteiger partial charge in [0.25, 0.3) is 0 Å². The zero-order chi connectivity index (χ0) is 16.2. The van der Waals surface area contributed by atoms with Crippen LogP contribution in [0.1, 0.15) is 6.42 Å². The van der Waals surface area contributed by atoms with Crippen LogP contribution in [-0.4, -0.2) is 22.7 Å². The minimum Gasteiger partial charge on any atom is -0.508 e. The van der Waals surface area contributed by atoms with Crippen LogP contribution < -0.4 is 10.1 Å². The summed E-state index contributed by atoms with van der Waals surface area (Å²) in [6.07, 6.45) is 2.34. The molecular formula is C18H18N2O3. The number of nitrogens with zero attached hydrogens (tertiary/aromatic N) is 1. The number of aromatic nitrogens is 1. The molecule has 0 atom stereocenters. The van der Waals surface area contributed by atoms with Crippen LogP contribution in [0, 0.1) is 0 Å². The number of carbonyl (C=O) groups is 1. The van der Waals surface area contributed by atoms with Crippen LogP contribution in [-0.2, 0) is 11.3 Å². The summed E-state index contributed by atoms with van der Waals surface area (Å²) < 4.78 is 7.26. The molecule has 1 aromatic heterocycles. The van der Waals surface area contributed by atoms with Gasteiger partial charge in [-0.3, -0.25) is 4.79 Å². The van der Waals surface area contributed by atoms with Crippen molar-refractivity contribution < 1.29 is 14.6 Å². The van der Waals surface area contributed by atoms with Crippen LogP contribution in [0.4, 0.5) is 5.69 Å². The van der Waals surface area contributed by atoms with Gasteiger partial charge in [0.15, 0.2) is 0 Å². The van der Waals surface area contributed by atoms with Crippen molar-refractivity contribution >= 4 is 22.5 Å². The summed E-state index contributed by atoms with van der Waals surface area (Å²) in [5.41, 5.74) is 1.75. The van der Waals surface area contributed by atoms with Gasteiger partial charge in [0, 0.05) is 35.8 Å². The molecule has 0 aliphatic heterocycles. The predicted octanol–water partition coefficient (Wildman–Crippen LogP) is 3.38. The third kappa shape index (κ3) is 3.45. The summed E-state index contributed by atoms with van der Waals surface area (Å²) >= 11 is 0. The molecular weight excluding hydrogens is 292 g/mol. The molecule has 5 heteroatoms. The Morgan fingerprint density at radius 3 is 2.70 bits per heavy atom. The molecule has 0 aliphatic rings. The highest BCUT2D eigenvalue weighted by molar-refractivity contribution is 5.91. The number of nitrogens with one attached hydrogen (secondary N) is 1. The van der Waals surface area contributed by atoms with Gasteiger partial charge in [-0.2, -0.15) is 0 Å². The molecule has 0 unspecified atom stereocenters. The van der Waals surface area contributed by atoms with E-state index < -0.39 is 0 Å². The van der Waals surface area contributed by atoms with E-state index >= 15 is 0 Å². The number of phenols is 1. The van der Waals surface area contributed by atoms with Crippen molar-refractivity contribution in [1.82, 2.24) is 4.57 Å². The van der Waals surface area contributed by atoms with Gasteiger partial charge in [-0.1, -0.05) is 0 Å². The number of benzene rings is 2. The predicted molar refractivity (Wildman–Crippen MR) is 89.8 cm³/mol. The van der Waals surface area contributed by atoms with Gasteiger partial charge in [-0.25, -0.2) is 0 Å². The molecule has 0 bridgehead atoms. The number of phenolic OH excluding ortho intramolecular Hbond substituents is 1. The highest BCUT2D eigenvalue weighted by Crippen LogP contribution is 2.22. The Morgan fingerprint density at radius 2 is 1.96 bits per heavy atom. The van der Waals surface area contributed by atoms with E-state index in [0.717, 1.165) is 16.7 Å². The van der Waals surface area contributed by atoms with Crippen molar-refractivity contribution in [2.24, 2.45) is 0 Å². The SMILES string of the molecule is COc1ccc2c(ccn2CCC(=O)Nc2ccc(O)cc2)c1. The molecule has 3 aromatic rings. The van der Waals surface area contributed by atoms with Gasteiger partial charge in [0.1, 0.15) is 11.5 Å². The number of carbonyl (C=O) groups excluding carboxylic acids is 1. The molecule has 118 valence electrons. The van der Waals surface area contributed by atoms with Crippen LogP contribution in [0.3, 0.4) is 0 Å². The van der Waals surface area contributed by atoms with E-state index in [-0.39, 0.29) is 11.7 Å². The first-order valence-electron chi connectivity index (χ1n) is 7.37. The Balaban J connectivity index is 1.63.